The summed E-state index contributed by atoms with van der Waals surface area (Å²) in [6.45, 7) is 4.49. The lowest BCUT2D eigenvalue weighted by atomic mass is 10.0. The molecule has 0 radical (unpaired) electrons. The van der Waals surface area contributed by atoms with Crippen LogP contribution in [0.5, 0.6) is 0 Å². The van der Waals surface area contributed by atoms with Crippen molar-refractivity contribution in [1.29, 1.82) is 0 Å². The molecule has 1 heteroatoms. The van der Waals surface area contributed by atoms with E-state index in [-0.39, 0.29) is 0 Å². The van der Waals surface area contributed by atoms with Gasteiger partial charge in [-0.2, -0.15) is 0 Å². The van der Waals surface area contributed by atoms with Crippen molar-refractivity contribution in [1.82, 2.24) is 5.32 Å². The minimum atomic E-state index is 0.687. The second kappa shape index (κ2) is 4.55. The lowest BCUT2D eigenvalue weighted by molar-refractivity contribution is 0.412. The van der Waals surface area contributed by atoms with E-state index in [1.54, 1.807) is 0 Å². The Morgan fingerprint density at radius 1 is 1.55 bits per heavy atom. The Kier molecular flexibility index (Phi) is 3.64. The van der Waals surface area contributed by atoms with Crippen LogP contribution in [0.3, 0.4) is 0 Å². The molecule has 0 spiro atoms. The average molecular weight is 153 g/mol. The van der Waals surface area contributed by atoms with Crippen LogP contribution in [0.1, 0.15) is 39.5 Å². The zero-order valence-electron chi connectivity index (χ0n) is 7.64. The topological polar surface area (TPSA) is 12.0 Å². The van der Waals surface area contributed by atoms with Gasteiger partial charge in [-0.15, -0.1) is 0 Å². The molecule has 2 atom stereocenters. The molecule has 64 valence electrons. The van der Waals surface area contributed by atoms with Crippen LogP contribution in [-0.2, 0) is 0 Å². The molecule has 0 fully saturated rings. The molecular formula is C10H19N. The van der Waals surface area contributed by atoms with Gasteiger partial charge in [-0.3, -0.25) is 0 Å². The Hall–Kier alpha value is -0.300. The van der Waals surface area contributed by atoms with Crippen LogP contribution in [0.2, 0.25) is 0 Å². The number of nitrogens with one attached hydrogen (secondary N) is 1. The van der Waals surface area contributed by atoms with E-state index in [1.165, 1.54) is 25.7 Å². The van der Waals surface area contributed by atoms with Crippen molar-refractivity contribution in [2.75, 3.05) is 0 Å². The van der Waals surface area contributed by atoms with Gasteiger partial charge in [0.25, 0.3) is 0 Å². The normalized spacial score (nSPS) is 26.9. The summed E-state index contributed by atoms with van der Waals surface area (Å²) in [6.07, 6.45) is 9.62. The van der Waals surface area contributed by atoms with Crippen molar-refractivity contribution in [3.05, 3.63) is 12.2 Å². The third kappa shape index (κ3) is 3.06. The van der Waals surface area contributed by atoms with E-state index < -0.39 is 0 Å². The summed E-state index contributed by atoms with van der Waals surface area (Å²) in [5, 5.41) is 3.62. The molecule has 0 aliphatic heterocycles. The summed E-state index contributed by atoms with van der Waals surface area (Å²) in [5.74, 6) is 0. The zero-order chi connectivity index (χ0) is 8.10. The SMILES string of the molecule is CCC(C)NC1CC=CCC1. The Bertz CT molecular complexity index is 129. The molecule has 1 nitrogen and oxygen atoms in total. The Morgan fingerprint density at radius 2 is 2.36 bits per heavy atom. The first kappa shape index (κ1) is 8.79. The molecule has 1 N–H and O–H groups in total. The minimum absolute atomic E-state index is 0.687. The predicted molar refractivity (Wildman–Crippen MR) is 49.7 cm³/mol. The summed E-state index contributed by atoms with van der Waals surface area (Å²) >= 11 is 0. The van der Waals surface area contributed by atoms with Gasteiger partial charge in [0, 0.05) is 12.1 Å². The van der Waals surface area contributed by atoms with Gasteiger partial charge in [0.2, 0.25) is 0 Å². The van der Waals surface area contributed by atoms with Crippen molar-refractivity contribution < 1.29 is 0 Å². The summed E-state index contributed by atoms with van der Waals surface area (Å²) in [5.41, 5.74) is 0. The molecule has 11 heavy (non-hydrogen) atoms. The van der Waals surface area contributed by atoms with Crippen molar-refractivity contribution in [2.24, 2.45) is 0 Å². The molecule has 0 aromatic rings. The largest absolute Gasteiger partial charge is 0.311 e. The second-order valence-corrected chi connectivity index (χ2v) is 3.46. The fourth-order valence-corrected chi connectivity index (χ4v) is 1.47. The maximum Gasteiger partial charge on any atom is 0.0107 e. The van der Waals surface area contributed by atoms with Crippen LogP contribution < -0.4 is 5.32 Å². The van der Waals surface area contributed by atoms with Gasteiger partial charge >= 0.3 is 0 Å². The maximum atomic E-state index is 3.62. The van der Waals surface area contributed by atoms with E-state index in [9.17, 15) is 0 Å². The Labute approximate surface area is 69.9 Å². The van der Waals surface area contributed by atoms with Gasteiger partial charge in [-0.05, 0) is 32.6 Å². The monoisotopic (exact) mass is 153 g/mol. The van der Waals surface area contributed by atoms with E-state index in [4.69, 9.17) is 0 Å². The van der Waals surface area contributed by atoms with Crippen LogP contribution in [-0.4, -0.2) is 12.1 Å². The molecule has 0 amide bonds. The number of allylic oxidation sites excluding steroid dienone is 1. The minimum Gasteiger partial charge on any atom is -0.311 e. The molecule has 1 aliphatic rings. The van der Waals surface area contributed by atoms with Gasteiger partial charge in [0.15, 0.2) is 0 Å². The lowest BCUT2D eigenvalue weighted by Crippen LogP contribution is -2.36. The van der Waals surface area contributed by atoms with E-state index in [1.807, 2.05) is 0 Å². The molecule has 0 saturated carbocycles. The van der Waals surface area contributed by atoms with Gasteiger partial charge in [-0.1, -0.05) is 19.1 Å². The van der Waals surface area contributed by atoms with Crippen LogP contribution in [0.25, 0.3) is 0 Å². The average Bonchev–Trinajstić information content (AvgIpc) is 2.06. The van der Waals surface area contributed by atoms with Gasteiger partial charge in [0.1, 0.15) is 0 Å². The second-order valence-electron chi connectivity index (χ2n) is 3.46. The Balaban J connectivity index is 2.20. The van der Waals surface area contributed by atoms with E-state index in [0.29, 0.717) is 6.04 Å². The molecule has 0 saturated heterocycles. The van der Waals surface area contributed by atoms with Gasteiger partial charge in [0.05, 0.1) is 0 Å². The van der Waals surface area contributed by atoms with E-state index in [2.05, 4.69) is 31.3 Å². The van der Waals surface area contributed by atoms with Crippen LogP contribution in [0.4, 0.5) is 0 Å². The summed E-state index contributed by atoms with van der Waals surface area (Å²) < 4.78 is 0. The van der Waals surface area contributed by atoms with Crippen molar-refractivity contribution in [2.45, 2.75) is 51.6 Å². The van der Waals surface area contributed by atoms with Crippen molar-refractivity contribution >= 4 is 0 Å². The van der Waals surface area contributed by atoms with Crippen molar-refractivity contribution in [3.63, 3.8) is 0 Å². The lowest BCUT2D eigenvalue weighted by Gasteiger charge is -2.23. The Morgan fingerprint density at radius 3 is 2.91 bits per heavy atom. The first-order valence-corrected chi connectivity index (χ1v) is 4.74. The highest BCUT2D eigenvalue weighted by molar-refractivity contribution is 4.93. The summed E-state index contributed by atoms with van der Waals surface area (Å²) in [6, 6.07) is 1.43. The standard InChI is InChI=1S/C10H19N/c1-3-9(2)11-10-7-5-4-6-8-10/h4-5,9-11H,3,6-8H2,1-2H3. The van der Waals surface area contributed by atoms with Gasteiger partial charge < -0.3 is 5.32 Å². The van der Waals surface area contributed by atoms with Crippen LogP contribution >= 0.6 is 0 Å². The fraction of sp³-hybridized carbons (Fsp3) is 0.800. The first-order chi connectivity index (χ1) is 5.33. The maximum absolute atomic E-state index is 3.62. The third-order valence-electron chi connectivity index (χ3n) is 2.40. The molecule has 0 aromatic heterocycles. The van der Waals surface area contributed by atoms with Crippen molar-refractivity contribution in [3.8, 4) is 0 Å². The fourth-order valence-electron chi connectivity index (χ4n) is 1.47. The highest BCUT2D eigenvalue weighted by atomic mass is 14.9. The number of hydrogen-bond donors (Lipinski definition) is 1. The molecule has 2 unspecified atom stereocenters. The zero-order valence-corrected chi connectivity index (χ0v) is 7.64. The smallest absolute Gasteiger partial charge is 0.0107 e. The molecule has 0 heterocycles. The predicted octanol–water partition coefficient (Wildman–Crippen LogP) is 2.48. The van der Waals surface area contributed by atoms with E-state index in [0.717, 1.165) is 6.04 Å². The highest BCUT2D eigenvalue weighted by Gasteiger charge is 2.10. The first-order valence-electron chi connectivity index (χ1n) is 4.74. The number of rotatable bonds is 3. The molecule has 0 bridgehead atoms. The molecule has 1 aliphatic carbocycles. The van der Waals surface area contributed by atoms with Gasteiger partial charge in [-0.25, -0.2) is 0 Å². The molecule has 1 rings (SSSR count). The van der Waals surface area contributed by atoms with Crippen LogP contribution in [0, 0.1) is 0 Å². The highest BCUT2D eigenvalue weighted by Crippen LogP contribution is 2.11. The molecule has 0 aromatic carbocycles. The third-order valence-corrected chi connectivity index (χ3v) is 2.40. The van der Waals surface area contributed by atoms with E-state index >= 15 is 0 Å². The summed E-state index contributed by atoms with van der Waals surface area (Å²) in [7, 11) is 0. The quantitative estimate of drug-likeness (QED) is 0.614. The summed E-state index contributed by atoms with van der Waals surface area (Å²) in [4.78, 5) is 0. The van der Waals surface area contributed by atoms with Crippen LogP contribution in [0.15, 0.2) is 12.2 Å². The molecular weight excluding hydrogens is 134 g/mol. The number of hydrogen-bond acceptors (Lipinski definition) is 1.